The summed E-state index contributed by atoms with van der Waals surface area (Å²) in [6.07, 6.45) is 4.84. The van der Waals surface area contributed by atoms with Gasteiger partial charge in [0, 0.05) is 5.38 Å². The summed E-state index contributed by atoms with van der Waals surface area (Å²) in [5.41, 5.74) is 1.26. The zero-order valence-electron chi connectivity index (χ0n) is 8.86. The molecule has 1 aromatic rings. The van der Waals surface area contributed by atoms with Crippen LogP contribution in [0.15, 0.2) is 30.3 Å². The monoisotopic (exact) mass is 224 g/mol. The van der Waals surface area contributed by atoms with E-state index in [4.69, 9.17) is 16.3 Å². The first-order valence-corrected chi connectivity index (χ1v) is 6.08. The molecular formula is C13H17ClO. The van der Waals surface area contributed by atoms with E-state index in [0.717, 1.165) is 32.3 Å². The van der Waals surface area contributed by atoms with Crippen molar-refractivity contribution in [1.29, 1.82) is 0 Å². The maximum Gasteiger partial charge on any atom is 0.0720 e. The molecule has 0 bridgehead atoms. The second-order valence-electron chi connectivity index (χ2n) is 4.17. The molecule has 0 unspecified atom stereocenters. The minimum absolute atomic E-state index is 0.376. The molecule has 0 amide bonds. The number of rotatable bonds is 3. The quantitative estimate of drug-likeness (QED) is 0.711. The van der Waals surface area contributed by atoms with Crippen molar-refractivity contribution in [2.75, 3.05) is 0 Å². The summed E-state index contributed by atoms with van der Waals surface area (Å²) in [6, 6.07) is 10.3. The number of alkyl halides is 1. The predicted octanol–water partition coefficient (Wildman–Crippen LogP) is 3.75. The summed E-state index contributed by atoms with van der Waals surface area (Å²) in [5.74, 6) is 0. The van der Waals surface area contributed by atoms with E-state index in [1.54, 1.807) is 0 Å². The van der Waals surface area contributed by atoms with Crippen molar-refractivity contribution in [1.82, 2.24) is 0 Å². The lowest BCUT2D eigenvalue weighted by Gasteiger charge is -2.25. The van der Waals surface area contributed by atoms with Gasteiger partial charge in [-0.15, -0.1) is 11.6 Å². The van der Waals surface area contributed by atoms with Crippen LogP contribution >= 0.6 is 11.6 Å². The van der Waals surface area contributed by atoms with E-state index in [1.807, 2.05) is 18.2 Å². The van der Waals surface area contributed by atoms with Crippen LogP contribution in [0.1, 0.15) is 31.2 Å². The Bertz CT molecular complexity index is 278. The summed E-state index contributed by atoms with van der Waals surface area (Å²) < 4.78 is 5.86. The van der Waals surface area contributed by atoms with Gasteiger partial charge in [-0.05, 0) is 31.2 Å². The number of halogens is 1. The van der Waals surface area contributed by atoms with Gasteiger partial charge < -0.3 is 4.74 Å². The highest BCUT2D eigenvalue weighted by Gasteiger charge is 2.19. The van der Waals surface area contributed by atoms with Crippen LogP contribution < -0.4 is 0 Å². The van der Waals surface area contributed by atoms with E-state index in [0.29, 0.717) is 11.5 Å². The molecule has 0 saturated heterocycles. The minimum Gasteiger partial charge on any atom is -0.374 e. The van der Waals surface area contributed by atoms with Crippen LogP contribution in [-0.2, 0) is 11.3 Å². The second kappa shape index (κ2) is 5.53. The van der Waals surface area contributed by atoms with Gasteiger partial charge >= 0.3 is 0 Å². The van der Waals surface area contributed by atoms with Gasteiger partial charge in [-0.2, -0.15) is 0 Å². The zero-order valence-corrected chi connectivity index (χ0v) is 9.62. The number of ether oxygens (including phenoxy) is 1. The molecule has 1 aromatic carbocycles. The molecule has 1 aliphatic carbocycles. The van der Waals surface area contributed by atoms with Crippen molar-refractivity contribution in [3.05, 3.63) is 35.9 Å². The first-order chi connectivity index (χ1) is 7.34. The standard InChI is InChI=1S/C13H17ClO/c14-12-6-8-13(9-7-12)15-10-11-4-2-1-3-5-11/h1-5,12-13H,6-10H2. The molecule has 0 spiro atoms. The molecule has 0 aliphatic heterocycles. The van der Waals surface area contributed by atoms with Crippen molar-refractivity contribution < 1.29 is 4.74 Å². The Morgan fingerprint density at radius 2 is 1.73 bits per heavy atom. The van der Waals surface area contributed by atoms with E-state index in [9.17, 15) is 0 Å². The van der Waals surface area contributed by atoms with Crippen LogP contribution in [0.5, 0.6) is 0 Å². The first kappa shape index (κ1) is 11.0. The highest BCUT2D eigenvalue weighted by molar-refractivity contribution is 6.20. The van der Waals surface area contributed by atoms with E-state index in [1.165, 1.54) is 5.56 Å². The summed E-state index contributed by atoms with van der Waals surface area (Å²) in [5, 5.41) is 0.376. The molecule has 82 valence electrons. The van der Waals surface area contributed by atoms with Gasteiger partial charge in [0.15, 0.2) is 0 Å². The van der Waals surface area contributed by atoms with Crippen LogP contribution in [-0.4, -0.2) is 11.5 Å². The molecule has 0 radical (unpaired) electrons. The van der Waals surface area contributed by atoms with Crippen molar-refractivity contribution in [3.8, 4) is 0 Å². The van der Waals surface area contributed by atoms with Gasteiger partial charge in [0.2, 0.25) is 0 Å². The molecule has 0 heterocycles. The van der Waals surface area contributed by atoms with Gasteiger partial charge in [0.1, 0.15) is 0 Å². The molecule has 2 heteroatoms. The lowest BCUT2D eigenvalue weighted by molar-refractivity contribution is 0.0175. The summed E-state index contributed by atoms with van der Waals surface area (Å²) in [6.45, 7) is 0.735. The number of benzene rings is 1. The topological polar surface area (TPSA) is 9.23 Å². The lowest BCUT2D eigenvalue weighted by atomic mass is 9.97. The maximum atomic E-state index is 6.04. The van der Waals surface area contributed by atoms with Gasteiger partial charge in [-0.3, -0.25) is 0 Å². The van der Waals surface area contributed by atoms with Crippen LogP contribution in [0.4, 0.5) is 0 Å². The Balaban J connectivity index is 1.74. The Kier molecular flexibility index (Phi) is 4.04. The van der Waals surface area contributed by atoms with Crippen molar-refractivity contribution in [3.63, 3.8) is 0 Å². The average molecular weight is 225 g/mol. The fourth-order valence-electron chi connectivity index (χ4n) is 1.98. The lowest BCUT2D eigenvalue weighted by Crippen LogP contribution is -2.21. The van der Waals surface area contributed by atoms with Gasteiger partial charge in [-0.1, -0.05) is 30.3 Å². The largest absolute Gasteiger partial charge is 0.374 e. The predicted molar refractivity (Wildman–Crippen MR) is 63.1 cm³/mol. The van der Waals surface area contributed by atoms with Crippen molar-refractivity contribution in [2.45, 2.75) is 43.8 Å². The normalized spacial score (nSPS) is 26.5. The molecule has 1 fully saturated rings. The third-order valence-electron chi connectivity index (χ3n) is 2.93. The van der Waals surface area contributed by atoms with Crippen LogP contribution in [0.25, 0.3) is 0 Å². The van der Waals surface area contributed by atoms with E-state index in [-0.39, 0.29) is 0 Å². The molecule has 2 rings (SSSR count). The number of hydrogen-bond donors (Lipinski definition) is 0. The number of hydrogen-bond acceptors (Lipinski definition) is 1. The molecular weight excluding hydrogens is 208 g/mol. The third kappa shape index (κ3) is 3.51. The highest BCUT2D eigenvalue weighted by atomic mass is 35.5. The van der Waals surface area contributed by atoms with Crippen molar-refractivity contribution >= 4 is 11.6 Å². The minimum atomic E-state index is 0.376. The molecule has 15 heavy (non-hydrogen) atoms. The van der Waals surface area contributed by atoms with Crippen molar-refractivity contribution in [2.24, 2.45) is 0 Å². The molecule has 1 aliphatic rings. The van der Waals surface area contributed by atoms with E-state index in [2.05, 4.69) is 12.1 Å². The Labute approximate surface area is 96.4 Å². The molecule has 0 N–H and O–H groups in total. The summed E-state index contributed by atoms with van der Waals surface area (Å²) in [4.78, 5) is 0. The van der Waals surface area contributed by atoms with Crippen LogP contribution in [0.3, 0.4) is 0 Å². The highest BCUT2D eigenvalue weighted by Crippen LogP contribution is 2.25. The maximum absolute atomic E-state index is 6.04. The van der Waals surface area contributed by atoms with Crippen LogP contribution in [0.2, 0.25) is 0 Å². The van der Waals surface area contributed by atoms with Crippen LogP contribution in [0, 0.1) is 0 Å². The summed E-state index contributed by atoms with van der Waals surface area (Å²) in [7, 11) is 0. The zero-order chi connectivity index (χ0) is 10.5. The first-order valence-electron chi connectivity index (χ1n) is 5.64. The molecule has 0 atom stereocenters. The molecule has 0 aromatic heterocycles. The Hall–Kier alpha value is -0.530. The second-order valence-corrected chi connectivity index (χ2v) is 4.79. The summed E-state index contributed by atoms with van der Waals surface area (Å²) >= 11 is 6.04. The van der Waals surface area contributed by atoms with E-state index >= 15 is 0 Å². The molecule has 1 saturated carbocycles. The Morgan fingerprint density at radius 3 is 2.40 bits per heavy atom. The fraction of sp³-hybridized carbons (Fsp3) is 0.538. The van der Waals surface area contributed by atoms with Gasteiger partial charge in [0.05, 0.1) is 12.7 Å². The Morgan fingerprint density at radius 1 is 1.07 bits per heavy atom. The fourth-order valence-corrected chi connectivity index (χ4v) is 2.23. The van der Waals surface area contributed by atoms with E-state index < -0.39 is 0 Å². The molecule has 1 nitrogen and oxygen atoms in total. The average Bonchev–Trinajstić information content (AvgIpc) is 2.30. The third-order valence-corrected chi connectivity index (χ3v) is 3.37. The van der Waals surface area contributed by atoms with Gasteiger partial charge in [-0.25, -0.2) is 0 Å². The smallest absolute Gasteiger partial charge is 0.0720 e. The SMILES string of the molecule is ClC1CCC(OCc2ccccc2)CC1. The van der Waals surface area contributed by atoms with Gasteiger partial charge in [0.25, 0.3) is 0 Å².